The number of hydrogen-bond acceptors (Lipinski definition) is 5. The predicted octanol–water partition coefficient (Wildman–Crippen LogP) is 1.19. The minimum Gasteiger partial charge on any atom is -0.343 e. The van der Waals surface area contributed by atoms with Gasteiger partial charge in [-0.25, -0.2) is 0 Å². The second-order valence-electron chi connectivity index (χ2n) is 4.26. The van der Waals surface area contributed by atoms with Crippen molar-refractivity contribution in [1.82, 2.24) is 15.0 Å². The Morgan fingerprint density at radius 3 is 2.82 bits per heavy atom. The van der Waals surface area contributed by atoms with E-state index < -0.39 is 0 Å². The molecule has 1 amide bonds. The van der Waals surface area contributed by atoms with Crippen LogP contribution in [0.15, 0.2) is 4.52 Å². The van der Waals surface area contributed by atoms with Crippen LogP contribution in [0.1, 0.15) is 31.5 Å². The molecule has 1 aromatic rings. The van der Waals surface area contributed by atoms with Gasteiger partial charge in [0.2, 0.25) is 5.91 Å². The number of aryl methyl sites for hydroxylation is 1. The molecule has 94 valence electrons. The predicted molar refractivity (Wildman–Crippen MR) is 62.6 cm³/mol. The van der Waals surface area contributed by atoms with Gasteiger partial charge in [0.05, 0.1) is 0 Å². The molecular formula is C11H18N4O2. The molecule has 1 aliphatic heterocycles. The van der Waals surface area contributed by atoms with Gasteiger partial charge in [0.1, 0.15) is 0 Å². The van der Waals surface area contributed by atoms with Crippen molar-refractivity contribution in [3.05, 3.63) is 5.82 Å². The van der Waals surface area contributed by atoms with Crippen molar-refractivity contribution in [1.29, 1.82) is 0 Å². The Morgan fingerprint density at radius 1 is 1.41 bits per heavy atom. The fourth-order valence-corrected chi connectivity index (χ4v) is 1.95. The van der Waals surface area contributed by atoms with Gasteiger partial charge in [-0.15, -0.1) is 0 Å². The average Bonchev–Trinajstić information content (AvgIpc) is 2.76. The molecule has 1 N–H and O–H groups in total. The first-order valence-corrected chi connectivity index (χ1v) is 6.07. The second-order valence-corrected chi connectivity index (χ2v) is 4.26. The quantitative estimate of drug-likeness (QED) is 0.853. The SMILES string of the molecule is Cc1noc(NCCC(=O)N2CCCCC2)n1. The Balaban J connectivity index is 1.69. The third-order valence-electron chi connectivity index (χ3n) is 2.85. The summed E-state index contributed by atoms with van der Waals surface area (Å²) < 4.78 is 4.89. The molecule has 0 saturated carbocycles. The smallest absolute Gasteiger partial charge is 0.321 e. The highest BCUT2D eigenvalue weighted by Crippen LogP contribution is 2.10. The molecule has 0 spiro atoms. The van der Waals surface area contributed by atoms with Crippen molar-refractivity contribution in [3.8, 4) is 0 Å². The molecular weight excluding hydrogens is 220 g/mol. The highest BCUT2D eigenvalue weighted by molar-refractivity contribution is 5.76. The summed E-state index contributed by atoms with van der Waals surface area (Å²) in [5.41, 5.74) is 0. The summed E-state index contributed by atoms with van der Waals surface area (Å²) in [5.74, 6) is 0.795. The highest BCUT2D eigenvalue weighted by atomic mass is 16.5. The van der Waals surface area contributed by atoms with Crippen molar-refractivity contribution in [3.63, 3.8) is 0 Å². The van der Waals surface area contributed by atoms with Gasteiger partial charge in [0.25, 0.3) is 0 Å². The summed E-state index contributed by atoms with van der Waals surface area (Å²) in [6, 6.07) is 0.383. The van der Waals surface area contributed by atoms with Crippen molar-refractivity contribution in [2.45, 2.75) is 32.6 Å². The monoisotopic (exact) mass is 238 g/mol. The Bertz CT molecular complexity index is 371. The summed E-state index contributed by atoms with van der Waals surface area (Å²) in [5, 5.41) is 6.61. The number of amides is 1. The fraction of sp³-hybridized carbons (Fsp3) is 0.727. The van der Waals surface area contributed by atoms with Crippen molar-refractivity contribution < 1.29 is 9.32 Å². The first kappa shape index (κ1) is 11.9. The lowest BCUT2D eigenvalue weighted by Gasteiger charge is -2.26. The van der Waals surface area contributed by atoms with Gasteiger partial charge >= 0.3 is 6.01 Å². The van der Waals surface area contributed by atoms with Crippen LogP contribution in [-0.2, 0) is 4.79 Å². The molecule has 17 heavy (non-hydrogen) atoms. The fourth-order valence-electron chi connectivity index (χ4n) is 1.95. The summed E-state index contributed by atoms with van der Waals surface area (Å²) >= 11 is 0. The number of anilines is 1. The van der Waals surface area contributed by atoms with Crippen molar-refractivity contribution in [2.24, 2.45) is 0 Å². The van der Waals surface area contributed by atoms with Crippen LogP contribution < -0.4 is 5.32 Å². The lowest BCUT2D eigenvalue weighted by Crippen LogP contribution is -2.36. The molecule has 0 atom stereocenters. The number of hydrogen-bond donors (Lipinski definition) is 1. The molecule has 6 nitrogen and oxygen atoms in total. The molecule has 6 heteroatoms. The second kappa shape index (κ2) is 5.65. The number of nitrogens with zero attached hydrogens (tertiary/aromatic N) is 3. The summed E-state index contributed by atoms with van der Waals surface area (Å²) in [4.78, 5) is 17.8. The molecule has 0 aliphatic carbocycles. The van der Waals surface area contributed by atoms with Gasteiger partial charge in [-0.2, -0.15) is 4.98 Å². The molecule has 2 heterocycles. The van der Waals surface area contributed by atoms with E-state index >= 15 is 0 Å². The van der Waals surface area contributed by atoms with E-state index in [9.17, 15) is 4.79 Å². The lowest BCUT2D eigenvalue weighted by atomic mass is 10.1. The Morgan fingerprint density at radius 2 is 2.18 bits per heavy atom. The molecule has 1 aromatic heterocycles. The molecule has 1 saturated heterocycles. The third-order valence-corrected chi connectivity index (χ3v) is 2.85. The van der Waals surface area contributed by atoms with Crippen LogP contribution in [-0.4, -0.2) is 40.6 Å². The van der Waals surface area contributed by atoms with Gasteiger partial charge < -0.3 is 14.7 Å². The van der Waals surface area contributed by atoms with E-state index in [1.54, 1.807) is 6.92 Å². The first-order chi connectivity index (χ1) is 8.25. The van der Waals surface area contributed by atoms with E-state index in [0.717, 1.165) is 25.9 Å². The highest BCUT2D eigenvalue weighted by Gasteiger charge is 2.15. The van der Waals surface area contributed by atoms with E-state index in [-0.39, 0.29) is 5.91 Å². The van der Waals surface area contributed by atoms with Crippen LogP contribution >= 0.6 is 0 Å². The van der Waals surface area contributed by atoms with Crippen LogP contribution in [0.5, 0.6) is 0 Å². The number of piperidine rings is 1. The molecule has 0 aromatic carbocycles. The molecule has 1 aliphatic rings. The lowest BCUT2D eigenvalue weighted by molar-refractivity contribution is -0.131. The Labute approximate surface area is 100 Å². The minimum atomic E-state index is 0.202. The molecule has 1 fully saturated rings. The zero-order valence-electron chi connectivity index (χ0n) is 10.1. The number of carbonyl (C=O) groups excluding carboxylic acids is 1. The Kier molecular flexibility index (Phi) is 3.95. The standard InChI is InChI=1S/C11H18N4O2/c1-9-13-11(17-14-9)12-6-5-10(16)15-7-3-2-4-8-15/h2-8H2,1H3,(H,12,13,14). The molecule has 0 unspecified atom stereocenters. The maximum Gasteiger partial charge on any atom is 0.321 e. The Hall–Kier alpha value is -1.59. The topological polar surface area (TPSA) is 71.3 Å². The van der Waals surface area contributed by atoms with Crippen molar-refractivity contribution >= 4 is 11.9 Å². The maximum absolute atomic E-state index is 11.8. The van der Waals surface area contributed by atoms with Gasteiger partial charge in [0.15, 0.2) is 5.82 Å². The van der Waals surface area contributed by atoms with Crippen LogP contribution in [0.2, 0.25) is 0 Å². The van der Waals surface area contributed by atoms with Crippen molar-refractivity contribution in [2.75, 3.05) is 25.0 Å². The summed E-state index contributed by atoms with van der Waals surface area (Å²) in [6.07, 6.45) is 3.97. The van der Waals surface area contributed by atoms with E-state index in [1.165, 1.54) is 6.42 Å². The normalized spacial score (nSPS) is 15.9. The minimum absolute atomic E-state index is 0.202. The maximum atomic E-state index is 11.8. The zero-order valence-corrected chi connectivity index (χ0v) is 10.1. The first-order valence-electron chi connectivity index (χ1n) is 6.07. The summed E-state index contributed by atoms with van der Waals surface area (Å²) in [7, 11) is 0. The van der Waals surface area contributed by atoms with Crippen LogP contribution in [0.25, 0.3) is 0 Å². The van der Waals surface area contributed by atoms with E-state index in [1.807, 2.05) is 4.90 Å². The van der Waals surface area contributed by atoms with Gasteiger partial charge in [-0.05, 0) is 26.2 Å². The van der Waals surface area contributed by atoms with Gasteiger partial charge in [-0.1, -0.05) is 5.16 Å². The number of aromatic nitrogens is 2. The van der Waals surface area contributed by atoms with Crippen LogP contribution in [0.3, 0.4) is 0 Å². The molecule has 0 bridgehead atoms. The average molecular weight is 238 g/mol. The number of nitrogens with one attached hydrogen (secondary N) is 1. The third kappa shape index (κ3) is 3.44. The zero-order chi connectivity index (χ0) is 12.1. The van der Waals surface area contributed by atoms with E-state index in [2.05, 4.69) is 15.5 Å². The van der Waals surface area contributed by atoms with E-state index in [4.69, 9.17) is 4.52 Å². The molecule has 2 rings (SSSR count). The van der Waals surface area contributed by atoms with E-state index in [0.29, 0.717) is 24.8 Å². The van der Waals surface area contributed by atoms with Crippen LogP contribution in [0, 0.1) is 6.92 Å². The molecule has 0 radical (unpaired) electrons. The number of likely N-dealkylation sites (tertiary alicyclic amines) is 1. The van der Waals surface area contributed by atoms with Crippen LogP contribution in [0.4, 0.5) is 6.01 Å². The largest absolute Gasteiger partial charge is 0.343 e. The van der Waals surface area contributed by atoms with Gasteiger partial charge in [-0.3, -0.25) is 4.79 Å². The van der Waals surface area contributed by atoms with Gasteiger partial charge in [0, 0.05) is 26.1 Å². The number of carbonyl (C=O) groups is 1. The summed E-state index contributed by atoms with van der Waals surface area (Å²) in [6.45, 7) is 4.10. The number of rotatable bonds is 4.